The van der Waals surface area contributed by atoms with Gasteiger partial charge in [0.05, 0.1) is 19.9 Å². The molecule has 9 heteroatoms. The molecule has 1 heterocycles. The smallest absolute Gasteiger partial charge is 0.264 e. The number of nitrogens with one attached hydrogen (secondary N) is 1. The standard InChI is InChI=1S/C14H13N3O5S/c1-20-10-6-9(7-11(8-10)21-2)17-23(18,19)13-5-3-4-12-14(13)16-22-15-12/h3-8,17H,1-2H3. The minimum absolute atomic E-state index is 0.0296. The van der Waals surface area contributed by atoms with Crippen molar-refractivity contribution in [3.63, 3.8) is 0 Å². The monoisotopic (exact) mass is 335 g/mol. The summed E-state index contributed by atoms with van der Waals surface area (Å²) < 4.78 is 42.5. The van der Waals surface area contributed by atoms with Crippen LogP contribution in [-0.4, -0.2) is 33.0 Å². The number of fused-ring (bicyclic) bond motifs is 1. The topological polar surface area (TPSA) is 104 Å². The molecular weight excluding hydrogens is 322 g/mol. The third-order valence-corrected chi connectivity index (χ3v) is 4.56. The lowest BCUT2D eigenvalue weighted by molar-refractivity contribution is 0.315. The van der Waals surface area contributed by atoms with Gasteiger partial charge in [-0.3, -0.25) is 4.72 Å². The summed E-state index contributed by atoms with van der Waals surface area (Å²) in [7, 11) is -0.921. The van der Waals surface area contributed by atoms with E-state index in [0.717, 1.165) is 0 Å². The lowest BCUT2D eigenvalue weighted by Gasteiger charge is -2.11. The highest BCUT2D eigenvalue weighted by molar-refractivity contribution is 7.93. The van der Waals surface area contributed by atoms with Gasteiger partial charge in [0.1, 0.15) is 21.9 Å². The first-order valence-corrected chi connectivity index (χ1v) is 7.99. The molecule has 0 amide bonds. The Morgan fingerprint density at radius 3 is 2.39 bits per heavy atom. The van der Waals surface area contributed by atoms with Crippen LogP contribution in [0.3, 0.4) is 0 Å². The number of hydrogen-bond donors (Lipinski definition) is 1. The summed E-state index contributed by atoms with van der Waals surface area (Å²) in [5.74, 6) is 0.923. The molecule has 0 fully saturated rings. The van der Waals surface area contributed by atoms with Crippen LogP contribution in [0.2, 0.25) is 0 Å². The van der Waals surface area contributed by atoms with E-state index in [1.165, 1.54) is 20.3 Å². The zero-order valence-corrected chi connectivity index (χ0v) is 13.1. The van der Waals surface area contributed by atoms with E-state index in [-0.39, 0.29) is 10.4 Å². The Balaban J connectivity index is 2.03. The number of rotatable bonds is 5. The van der Waals surface area contributed by atoms with Crippen molar-refractivity contribution in [2.45, 2.75) is 4.90 Å². The fourth-order valence-electron chi connectivity index (χ4n) is 2.07. The molecule has 120 valence electrons. The van der Waals surface area contributed by atoms with Crippen LogP contribution in [0.5, 0.6) is 11.5 Å². The minimum atomic E-state index is -3.88. The zero-order chi connectivity index (χ0) is 16.4. The van der Waals surface area contributed by atoms with Gasteiger partial charge in [0, 0.05) is 18.2 Å². The van der Waals surface area contributed by atoms with Crippen LogP contribution in [0, 0.1) is 0 Å². The van der Waals surface area contributed by atoms with Gasteiger partial charge in [0.2, 0.25) is 0 Å². The van der Waals surface area contributed by atoms with Gasteiger partial charge in [-0.2, -0.15) is 0 Å². The van der Waals surface area contributed by atoms with Crippen molar-refractivity contribution in [3.8, 4) is 11.5 Å². The van der Waals surface area contributed by atoms with Crippen molar-refractivity contribution in [2.75, 3.05) is 18.9 Å². The number of methoxy groups -OCH3 is 2. The maximum atomic E-state index is 12.6. The fourth-order valence-corrected chi connectivity index (χ4v) is 3.27. The Morgan fingerprint density at radius 2 is 1.74 bits per heavy atom. The summed E-state index contributed by atoms with van der Waals surface area (Å²) in [6.07, 6.45) is 0. The Morgan fingerprint density at radius 1 is 1.04 bits per heavy atom. The Labute approximate surface area is 132 Å². The fraction of sp³-hybridized carbons (Fsp3) is 0.143. The number of sulfonamides is 1. The van der Waals surface area contributed by atoms with Gasteiger partial charge >= 0.3 is 0 Å². The quantitative estimate of drug-likeness (QED) is 0.761. The molecule has 0 saturated carbocycles. The number of hydrogen-bond acceptors (Lipinski definition) is 7. The maximum absolute atomic E-state index is 12.6. The molecule has 1 aromatic heterocycles. The molecule has 1 N–H and O–H groups in total. The van der Waals surface area contributed by atoms with E-state index < -0.39 is 10.0 Å². The van der Waals surface area contributed by atoms with Crippen LogP contribution in [0.1, 0.15) is 0 Å². The number of benzene rings is 2. The molecule has 0 aliphatic carbocycles. The summed E-state index contributed by atoms with van der Waals surface area (Å²) in [5, 5.41) is 7.28. The van der Waals surface area contributed by atoms with Gasteiger partial charge in [0.15, 0.2) is 5.52 Å². The summed E-state index contributed by atoms with van der Waals surface area (Å²) in [5.41, 5.74) is 0.820. The summed E-state index contributed by atoms with van der Waals surface area (Å²) in [6, 6.07) is 9.32. The zero-order valence-electron chi connectivity index (χ0n) is 12.3. The summed E-state index contributed by atoms with van der Waals surface area (Å²) in [6.45, 7) is 0. The largest absolute Gasteiger partial charge is 0.497 e. The first-order valence-electron chi connectivity index (χ1n) is 6.50. The van der Waals surface area contributed by atoms with E-state index >= 15 is 0 Å². The Hall–Kier alpha value is -2.81. The molecule has 0 aliphatic rings. The number of aromatic nitrogens is 2. The molecule has 0 unspecified atom stereocenters. The Kier molecular flexibility index (Phi) is 3.78. The normalized spacial score (nSPS) is 11.4. The lowest BCUT2D eigenvalue weighted by Crippen LogP contribution is -2.13. The van der Waals surface area contributed by atoms with Crippen LogP contribution in [0.15, 0.2) is 45.9 Å². The SMILES string of the molecule is COc1cc(NS(=O)(=O)c2cccc3nonc23)cc(OC)c1. The van der Waals surface area contributed by atoms with E-state index in [1.54, 1.807) is 30.3 Å². The maximum Gasteiger partial charge on any atom is 0.264 e. The second kappa shape index (κ2) is 5.76. The molecule has 0 saturated heterocycles. The molecular formula is C14H13N3O5S. The second-order valence-corrected chi connectivity index (χ2v) is 6.25. The van der Waals surface area contributed by atoms with Crippen molar-refractivity contribution in [2.24, 2.45) is 0 Å². The third kappa shape index (κ3) is 2.90. The van der Waals surface area contributed by atoms with Gasteiger partial charge in [-0.05, 0) is 22.4 Å². The van der Waals surface area contributed by atoms with Crippen LogP contribution < -0.4 is 14.2 Å². The van der Waals surface area contributed by atoms with Gasteiger partial charge in [0.25, 0.3) is 10.0 Å². The number of ether oxygens (including phenoxy) is 2. The molecule has 0 bridgehead atoms. The van der Waals surface area contributed by atoms with E-state index in [2.05, 4.69) is 19.7 Å². The average Bonchev–Trinajstić information content (AvgIpc) is 3.02. The Bertz CT molecular complexity index is 930. The van der Waals surface area contributed by atoms with E-state index in [9.17, 15) is 8.42 Å². The average molecular weight is 335 g/mol. The third-order valence-electron chi connectivity index (χ3n) is 3.14. The van der Waals surface area contributed by atoms with Gasteiger partial charge in [-0.25, -0.2) is 13.0 Å². The van der Waals surface area contributed by atoms with E-state index in [4.69, 9.17) is 9.47 Å². The molecule has 8 nitrogen and oxygen atoms in total. The van der Waals surface area contributed by atoms with E-state index in [0.29, 0.717) is 22.7 Å². The predicted molar refractivity (Wildman–Crippen MR) is 82.2 cm³/mol. The van der Waals surface area contributed by atoms with Crippen molar-refractivity contribution in [1.82, 2.24) is 10.3 Å². The lowest BCUT2D eigenvalue weighted by atomic mass is 10.3. The van der Waals surface area contributed by atoms with Gasteiger partial charge in [-0.15, -0.1) is 0 Å². The first kappa shape index (κ1) is 15.1. The number of anilines is 1. The molecule has 3 rings (SSSR count). The van der Waals surface area contributed by atoms with Crippen LogP contribution in [-0.2, 0) is 10.0 Å². The predicted octanol–water partition coefficient (Wildman–Crippen LogP) is 2.04. The molecule has 0 atom stereocenters. The van der Waals surface area contributed by atoms with Crippen LogP contribution in [0.4, 0.5) is 5.69 Å². The molecule has 0 radical (unpaired) electrons. The van der Waals surface area contributed by atoms with Gasteiger partial charge < -0.3 is 9.47 Å². The molecule has 0 aliphatic heterocycles. The van der Waals surface area contributed by atoms with Crippen molar-refractivity contribution < 1.29 is 22.5 Å². The highest BCUT2D eigenvalue weighted by Crippen LogP contribution is 2.28. The molecule has 23 heavy (non-hydrogen) atoms. The molecule has 2 aromatic carbocycles. The van der Waals surface area contributed by atoms with E-state index in [1.807, 2.05) is 0 Å². The van der Waals surface area contributed by atoms with Crippen molar-refractivity contribution in [3.05, 3.63) is 36.4 Å². The molecule has 0 spiro atoms. The van der Waals surface area contributed by atoms with Crippen LogP contribution in [0.25, 0.3) is 11.0 Å². The summed E-state index contributed by atoms with van der Waals surface area (Å²) >= 11 is 0. The van der Waals surface area contributed by atoms with Crippen LogP contribution >= 0.6 is 0 Å². The van der Waals surface area contributed by atoms with Gasteiger partial charge in [-0.1, -0.05) is 6.07 Å². The highest BCUT2D eigenvalue weighted by atomic mass is 32.2. The van der Waals surface area contributed by atoms with Crippen molar-refractivity contribution >= 4 is 26.7 Å². The second-order valence-electron chi connectivity index (χ2n) is 4.59. The number of nitrogens with zero attached hydrogens (tertiary/aromatic N) is 2. The first-order chi connectivity index (χ1) is 11.0. The minimum Gasteiger partial charge on any atom is -0.497 e. The molecule has 3 aromatic rings. The summed E-state index contributed by atoms with van der Waals surface area (Å²) in [4.78, 5) is -0.0296. The highest BCUT2D eigenvalue weighted by Gasteiger charge is 2.21. The van der Waals surface area contributed by atoms with Crippen molar-refractivity contribution in [1.29, 1.82) is 0 Å².